The number of hydrogen-bond acceptors (Lipinski definition) is 3. The Morgan fingerprint density at radius 3 is 3.00 bits per heavy atom. The molecule has 0 aromatic rings. The van der Waals surface area contributed by atoms with E-state index in [0.29, 0.717) is 18.2 Å². The van der Waals surface area contributed by atoms with Crippen molar-refractivity contribution in [1.29, 1.82) is 0 Å². The molecule has 1 saturated carbocycles. The van der Waals surface area contributed by atoms with E-state index < -0.39 is 0 Å². The van der Waals surface area contributed by atoms with Gasteiger partial charge in [-0.2, -0.15) is 24.4 Å². The van der Waals surface area contributed by atoms with Gasteiger partial charge in [-0.1, -0.05) is 6.92 Å². The molecule has 0 aliphatic heterocycles. The van der Waals surface area contributed by atoms with Gasteiger partial charge in [0.15, 0.2) is 0 Å². The number of nitrogens with one attached hydrogen (secondary N) is 1. The van der Waals surface area contributed by atoms with Crippen molar-refractivity contribution in [2.75, 3.05) is 11.5 Å². The van der Waals surface area contributed by atoms with E-state index in [1.165, 1.54) is 12.2 Å². The Labute approximate surface area is 96.0 Å². The molecule has 0 heterocycles. The van der Waals surface area contributed by atoms with Crippen LogP contribution in [0.2, 0.25) is 0 Å². The van der Waals surface area contributed by atoms with Gasteiger partial charge in [-0.15, -0.1) is 0 Å². The van der Waals surface area contributed by atoms with Crippen molar-refractivity contribution in [1.82, 2.24) is 5.32 Å². The highest BCUT2D eigenvalue weighted by Crippen LogP contribution is 2.29. The van der Waals surface area contributed by atoms with Crippen LogP contribution in [0.4, 0.5) is 0 Å². The van der Waals surface area contributed by atoms with Crippen molar-refractivity contribution in [3.8, 4) is 0 Å². The van der Waals surface area contributed by atoms with Crippen molar-refractivity contribution in [2.24, 2.45) is 0 Å². The quantitative estimate of drug-likeness (QED) is 0.712. The second-order valence-corrected chi connectivity index (χ2v) is 5.65. The highest BCUT2D eigenvalue weighted by Gasteiger charge is 2.25. The molecule has 2 unspecified atom stereocenters. The first kappa shape index (κ1) is 12.2. The molecule has 0 bridgehead atoms. The van der Waals surface area contributed by atoms with Gasteiger partial charge in [0.1, 0.15) is 0 Å². The van der Waals surface area contributed by atoms with Gasteiger partial charge in [0.2, 0.25) is 5.91 Å². The Bertz CT molecular complexity index is 187. The number of rotatable bonds is 5. The molecule has 1 rings (SSSR count). The number of thiol groups is 1. The van der Waals surface area contributed by atoms with Crippen molar-refractivity contribution < 1.29 is 4.79 Å². The summed E-state index contributed by atoms with van der Waals surface area (Å²) in [5.41, 5.74) is 0. The molecule has 1 amide bonds. The Kier molecular flexibility index (Phi) is 5.78. The first-order valence-electron chi connectivity index (χ1n) is 5.28. The van der Waals surface area contributed by atoms with Gasteiger partial charge in [-0.05, 0) is 30.8 Å². The van der Waals surface area contributed by atoms with E-state index in [1.807, 2.05) is 11.8 Å². The monoisotopic (exact) mass is 233 g/mol. The lowest BCUT2D eigenvalue weighted by atomic mass is 10.2. The third-order valence-electron chi connectivity index (χ3n) is 2.49. The maximum absolute atomic E-state index is 11.3. The Hall–Kier alpha value is 0.170. The highest BCUT2D eigenvalue weighted by molar-refractivity contribution is 7.99. The normalized spacial score (nSPS) is 26.4. The molecular formula is C10H19NOS2. The third kappa shape index (κ3) is 4.13. The molecule has 0 aromatic heterocycles. The molecule has 0 aromatic carbocycles. The molecule has 0 spiro atoms. The first-order chi connectivity index (χ1) is 6.76. The average Bonchev–Trinajstić information content (AvgIpc) is 2.53. The molecule has 1 aliphatic rings. The minimum atomic E-state index is 0.159. The molecule has 14 heavy (non-hydrogen) atoms. The van der Waals surface area contributed by atoms with Gasteiger partial charge < -0.3 is 5.32 Å². The number of carbonyl (C=O) groups is 1. The number of amides is 1. The van der Waals surface area contributed by atoms with Crippen LogP contribution in [0.1, 0.15) is 32.6 Å². The summed E-state index contributed by atoms with van der Waals surface area (Å²) in [4.78, 5) is 11.3. The van der Waals surface area contributed by atoms with E-state index in [2.05, 4.69) is 24.9 Å². The van der Waals surface area contributed by atoms with E-state index in [9.17, 15) is 4.79 Å². The van der Waals surface area contributed by atoms with Crippen LogP contribution < -0.4 is 5.32 Å². The highest BCUT2D eigenvalue weighted by atomic mass is 32.2. The van der Waals surface area contributed by atoms with Crippen LogP contribution in [-0.4, -0.2) is 28.7 Å². The number of thioether (sulfide) groups is 1. The van der Waals surface area contributed by atoms with Crippen LogP contribution in [0, 0.1) is 0 Å². The molecule has 0 saturated heterocycles. The van der Waals surface area contributed by atoms with Gasteiger partial charge in [0.05, 0.1) is 0 Å². The maximum atomic E-state index is 11.3. The van der Waals surface area contributed by atoms with Crippen molar-refractivity contribution in [3.05, 3.63) is 0 Å². The Balaban J connectivity index is 2.18. The zero-order valence-corrected chi connectivity index (χ0v) is 10.4. The van der Waals surface area contributed by atoms with Gasteiger partial charge >= 0.3 is 0 Å². The Morgan fingerprint density at radius 1 is 1.57 bits per heavy atom. The predicted octanol–water partition coefficient (Wildman–Crippen LogP) is 2.10. The summed E-state index contributed by atoms with van der Waals surface area (Å²) in [7, 11) is 0. The number of hydrogen-bond donors (Lipinski definition) is 2. The smallest absolute Gasteiger partial charge is 0.221 e. The lowest BCUT2D eigenvalue weighted by molar-refractivity contribution is -0.121. The summed E-state index contributed by atoms with van der Waals surface area (Å²) in [6, 6.07) is 0.423. The number of carbonyl (C=O) groups excluding carboxylic acids is 1. The standard InChI is InChI=1S/C10H19NOS2/c1-2-14-9-4-3-8(7-9)11-10(12)5-6-13/h8-9,13H,2-7H2,1H3,(H,11,12). The van der Waals surface area contributed by atoms with E-state index in [1.54, 1.807) is 0 Å². The van der Waals surface area contributed by atoms with E-state index >= 15 is 0 Å². The molecule has 0 radical (unpaired) electrons. The van der Waals surface area contributed by atoms with E-state index in [4.69, 9.17) is 0 Å². The summed E-state index contributed by atoms with van der Waals surface area (Å²) < 4.78 is 0. The van der Waals surface area contributed by atoms with E-state index in [-0.39, 0.29) is 5.91 Å². The minimum absolute atomic E-state index is 0.159. The van der Waals surface area contributed by atoms with Crippen LogP contribution >= 0.6 is 24.4 Å². The fourth-order valence-corrected chi connectivity index (χ4v) is 3.21. The summed E-state index contributed by atoms with van der Waals surface area (Å²) in [5.74, 6) is 1.99. The van der Waals surface area contributed by atoms with Crippen LogP contribution in [0.25, 0.3) is 0 Å². The topological polar surface area (TPSA) is 29.1 Å². The van der Waals surface area contributed by atoms with Crippen molar-refractivity contribution in [3.63, 3.8) is 0 Å². The zero-order chi connectivity index (χ0) is 10.4. The fourth-order valence-electron chi connectivity index (χ4n) is 1.86. The van der Waals surface area contributed by atoms with Crippen LogP contribution in [0.5, 0.6) is 0 Å². The molecule has 1 fully saturated rings. The molecule has 1 aliphatic carbocycles. The molecule has 2 nitrogen and oxygen atoms in total. The summed E-state index contributed by atoms with van der Waals surface area (Å²) in [6.07, 6.45) is 4.10. The SMILES string of the molecule is CCSC1CCC(NC(=O)CCS)C1. The van der Waals surface area contributed by atoms with Crippen molar-refractivity contribution >= 4 is 30.3 Å². The maximum Gasteiger partial charge on any atom is 0.221 e. The van der Waals surface area contributed by atoms with Gasteiger partial charge in [-0.25, -0.2) is 0 Å². The third-order valence-corrected chi connectivity index (χ3v) is 3.95. The predicted molar refractivity (Wildman–Crippen MR) is 66.2 cm³/mol. The lowest BCUT2D eigenvalue weighted by Crippen LogP contribution is -2.33. The van der Waals surface area contributed by atoms with Crippen LogP contribution in [0.3, 0.4) is 0 Å². The minimum Gasteiger partial charge on any atom is -0.353 e. The molecular weight excluding hydrogens is 214 g/mol. The lowest BCUT2D eigenvalue weighted by Gasteiger charge is -2.12. The van der Waals surface area contributed by atoms with Crippen LogP contribution in [0.15, 0.2) is 0 Å². The second kappa shape index (κ2) is 6.62. The average molecular weight is 233 g/mol. The van der Waals surface area contributed by atoms with Crippen molar-refractivity contribution in [2.45, 2.75) is 43.9 Å². The van der Waals surface area contributed by atoms with Gasteiger partial charge in [0.25, 0.3) is 0 Å². The van der Waals surface area contributed by atoms with E-state index in [0.717, 1.165) is 18.1 Å². The van der Waals surface area contributed by atoms with Gasteiger partial charge in [-0.3, -0.25) is 4.79 Å². The fraction of sp³-hybridized carbons (Fsp3) is 0.900. The van der Waals surface area contributed by atoms with Crippen LogP contribution in [-0.2, 0) is 4.79 Å². The largest absolute Gasteiger partial charge is 0.353 e. The Morgan fingerprint density at radius 2 is 2.36 bits per heavy atom. The first-order valence-corrected chi connectivity index (χ1v) is 6.96. The summed E-state index contributed by atoms with van der Waals surface area (Å²) >= 11 is 6.06. The summed E-state index contributed by atoms with van der Waals surface area (Å²) in [6.45, 7) is 2.19. The molecule has 82 valence electrons. The molecule has 2 atom stereocenters. The second-order valence-electron chi connectivity index (χ2n) is 3.63. The molecule has 1 N–H and O–H groups in total. The summed E-state index contributed by atoms with van der Waals surface area (Å²) in [5, 5.41) is 3.83. The molecule has 4 heteroatoms. The van der Waals surface area contributed by atoms with Gasteiger partial charge in [0, 0.05) is 17.7 Å². The zero-order valence-electron chi connectivity index (χ0n) is 8.66.